The predicted molar refractivity (Wildman–Crippen MR) is 79.8 cm³/mol. The summed E-state index contributed by atoms with van der Waals surface area (Å²) in [5.74, 6) is 0.944. The number of benzene rings is 1. The quantitative estimate of drug-likeness (QED) is 0.816. The first-order valence-electron chi connectivity index (χ1n) is 7.45. The third-order valence-corrected chi connectivity index (χ3v) is 4.62. The lowest BCUT2D eigenvalue weighted by molar-refractivity contribution is 0.0292. The van der Waals surface area contributed by atoms with Gasteiger partial charge in [0.2, 0.25) is 0 Å². The molecule has 2 aromatic rings. The fourth-order valence-electron chi connectivity index (χ4n) is 3.52. The van der Waals surface area contributed by atoms with Gasteiger partial charge in [-0.05, 0) is 31.3 Å². The Bertz CT molecular complexity index is 684. The van der Waals surface area contributed by atoms with Gasteiger partial charge in [0.25, 0.3) is 0 Å². The number of ether oxygens (including phenoxy) is 1. The Hall–Kier alpha value is -2.07. The van der Waals surface area contributed by atoms with E-state index < -0.39 is 0 Å². The molecule has 1 aromatic carbocycles. The van der Waals surface area contributed by atoms with E-state index in [1.165, 1.54) is 0 Å². The van der Waals surface area contributed by atoms with Crippen molar-refractivity contribution in [1.29, 1.82) is 0 Å². The molecule has 1 saturated heterocycles. The van der Waals surface area contributed by atoms with E-state index in [1.54, 1.807) is 0 Å². The second-order valence-electron chi connectivity index (χ2n) is 5.80. The minimum Gasteiger partial charge on any atom is -0.481 e. The van der Waals surface area contributed by atoms with Crippen molar-refractivity contribution in [2.75, 3.05) is 13.1 Å². The first-order valence-corrected chi connectivity index (χ1v) is 7.45. The van der Waals surface area contributed by atoms with E-state index in [9.17, 15) is 4.79 Å². The number of aldehydes is 1. The van der Waals surface area contributed by atoms with Crippen LogP contribution in [0.3, 0.4) is 0 Å². The first kappa shape index (κ1) is 12.7. The number of nitrogens with zero attached hydrogens (tertiary/aromatic N) is 1. The first-order chi connectivity index (χ1) is 10.3. The normalized spacial score (nSPS) is 19.2. The van der Waals surface area contributed by atoms with Gasteiger partial charge in [0.15, 0.2) is 11.9 Å². The van der Waals surface area contributed by atoms with Crippen molar-refractivity contribution in [3.05, 3.63) is 53.3 Å². The summed E-state index contributed by atoms with van der Waals surface area (Å²) in [7, 11) is 0. The predicted octanol–water partition coefficient (Wildman–Crippen LogP) is 2.32. The number of hydrogen-bond acceptors (Lipinski definition) is 3. The molecular formula is C17H18N2O2. The summed E-state index contributed by atoms with van der Waals surface area (Å²) in [5.41, 5.74) is 2.66. The summed E-state index contributed by atoms with van der Waals surface area (Å²) in [5, 5.41) is 3.39. The van der Waals surface area contributed by atoms with Crippen LogP contribution in [-0.4, -0.2) is 23.9 Å². The van der Waals surface area contributed by atoms with E-state index in [1.807, 2.05) is 24.3 Å². The Morgan fingerprint density at radius 1 is 1.14 bits per heavy atom. The van der Waals surface area contributed by atoms with Crippen molar-refractivity contribution >= 4 is 6.29 Å². The van der Waals surface area contributed by atoms with E-state index in [2.05, 4.69) is 22.0 Å². The van der Waals surface area contributed by atoms with Crippen molar-refractivity contribution in [3.8, 4) is 5.75 Å². The summed E-state index contributed by atoms with van der Waals surface area (Å²) in [4.78, 5) is 11.4. The van der Waals surface area contributed by atoms with Gasteiger partial charge in [0.1, 0.15) is 5.75 Å². The van der Waals surface area contributed by atoms with Gasteiger partial charge >= 0.3 is 0 Å². The summed E-state index contributed by atoms with van der Waals surface area (Å²) in [6.45, 7) is 2.56. The number of nitrogens with one attached hydrogen (secondary N) is 1. The van der Waals surface area contributed by atoms with Crippen molar-refractivity contribution in [2.45, 2.75) is 25.0 Å². The highest BCUT2D eigenvalue weighted by Crippen LogP contribution is 2.41. The Labute approximate surface area is 123 Å². The molecule has 0 amide bonds. The largest absolute Gasteiger partial charge is 0.481 e. The van der Waals surface area contributed by atoms with Crippen LogP contribution in [-0.2, 0) is 12.1 Å². The fourth-order valence-corrected chi connectivity index (χ4v) is 3.52. The lowest BCUT2D eigenvalue weighted by atomic mass is 9.88. The molecule has 0 aliphatic carbocycles. The fraction of sp³-hybridized carbons (Fsp3) is 0.353. The number of hydrogen-bond donors (Lipinski definition) is 1. The van der Waals surface area contributed by atoms with E-state index >= 15 is 0 Å². The topological polar surface area (TPSA) is 43.3 Å². The SMILES string of the molecule is O=Cc1ccc2n1Cc1ccccc1OC21CCNCC1. The molecule has 1 fully saturated rings. The van der Waals surface area contributed by atoms with Crippen LogP contribution in [0.25, 0.3) is 0 Å². The zero-order chi connectivity index (χ0) is 14.3. The Morgan fingerprint density at radius 2 is 1.95 bits per heavy atom. The van der Waals surface area contributed by atoms with Crippen LogP contribution in [0.2, 0.25) is 0 Å². The molecule has 4 rings (SSSR count). The molecule has 4 nitrogen and oxygen atoms in total. The third-order valence-electron chi connectivity index (χ3n) is 4.62. The zero-order valence-electron chi connectivity index (χ0n) is 11.8. The average Bonchev–Trinajstić information content (AvgIpc) is 2.88. The molecule has 3 heterocycles. The molecule has 0 bridgehead atoms. The number of rotatable bonds is 1. The second-order valence-corrected chi connectivity index (χ2v) is 5.80. The van der Waals surface area contributed by atoms with Crippen LogP contribution in [0.15, 0.2) is 36.4 Å². The zero-order valence-corrected chi connectivity index (χ0v) is 11.8. The number of para-hydroxylation sites is 1. The molecule has 2 aliphatic rings. The maximum Gasteiger partial charge on any atom is 0.166 e. The van der Waals surface area contributed by atoms with E-state index in [0.717, 1.165) is 54.9 Å². The standard InChI is InChI=1S/C17H18N2O2/c20-12-14-5-6-16-17(7-9-18-10-8-17)21-15-4-2-1-3-13(15)11-19(14)16/h1-6,12,18H,7-11H2. The molecule has 0 atom stereocenters. The molecule has 108 valence electrons. The second kappa shape index (κ2) is 4.74. The molecule has 1 aromatic heterocycles. The Kier molecular flexibility index (Phi) is 2.86. The third kappa shape index (κ3) is 1.90. The molecule has 0 radical (unpaired) electrons. The van der Waals surface area contributed by atoms with Crippen LogP contribution in [0.4, 0.5) is 0 Å². The smallest absolute Gasteiger partial charge is 0.166 e. The number of aromatic nitrogens is 1. The summed E-state index contributed by atoms with van der Waals surface area (Å²) < 4.78 is 8.61. The van der Waals surface area contributed by atoms with Gasteiger partial charge in [-0.15, -0.1) is 0 Å². The summed E-state index contributed by atoms with van der Waals surface area (Å²) >= 11 is 0. The highest BCUT2D eigenvalue weighted by Gasteiger charge is 2.41. The average molecular weight is 282 g/mol. The number of piperidine rings is 1. The highest BCUT2D eigenvalue weighted by molar-refractivity contribution is 5.73. The van der Waals surface area contributed by atoms with Gasteiger partial charge in [-0.2, -0.15) is 0 Å². The van der Waals surface area contributed by atoms with Crippen molar-refractivity contribution < 1.29 is 9.53 Å². The Balaban J connectivity index is 1.92. The van der Waals surface area contributed by atoms with Crippen molar-refractivity contribution in [1.82, 2.24) is 9.88 Å². The van der Waals surface area contributed by atoms with Gasteiger partial charge in [0.05, 0.1) is 17.9 Å². The molecule has 1 N–H and O–H groups in total. The van der Waals surface area contributed by atoms with Gasteiger partial charge < -0.3 is 14.6 Å². The number of carbonyl (C=O) groups excluding carboxylic acids is 1. The van der Waals surface area contributed by atoms with Gasteiger partial charge in [-0.25, -0.2) is 0 Å². The molecule has 2 aliphatic heterocycles. The number of carbonyl (C=O) groups is 1. The van der Waals surface area contributed by atoms with Crippen LogP contribution in [0.5, 0.6) is 5.75 Å². The van der Waals surface area contributed by atoms with Gasteiger partial charge in [-0.1, -0.05) is 18.2 Å². The van der Waals surface area contributed by atoms with E-state index in [-0.39, 0.29) is 5.60 Å². The van der Waals surface area contributed by atoms with Crippen LogP contribution in [0.1, 0.15) is 34.6 Å². The van der Waals surface area contributed by atoms with Crippen LogP contribution < -0.4 is 10.1 Å². The van der Waals surface area contributed by atoms with E-state index in [0.29, 0.717) is 6.54 Å². The van der Waals surface area contributed by atoms with Gasteiger partial charge in [0, 0.05) is 18.4 Å². The molecule has 0 unspecified atom stereocenters. The molecule has 0 saturated carbocycles. The molecule has 4 heteroatoms. The van der Waals surface area contributed by atoms with Crippen molar-refractivity contribution in [3.63, 3.8) is 0 Å². The summed E-state index contributed by atoms with van der Waals surface area (Å²) in [6, 6.07) is 12.1. The molecular weight excluding hydrogens is 264 g/mol. The lowest BCUT2D eigenvalue weighted by Gasteiger charge is -2.37. The van der Waals surface area contributed by atoms with E-state index in [4.69, 9.17) is 4.74 Å². The molecule has 21 heavy (non-hydrogen) atoms. The highest BCUT2D eigenvalue weighted by atomic mass is 16.5. The Morgan fingerprint density at radius 3 is 2.76 bits per heavy atom. The lowest BCUT2D eigenvalue weighted by Crippen LogP contribution is -2.44. The van der Waals surface area contributed by atoms with Crippen LogP contribution >= 0.6 is 0 Å². The minimum atomic E-state index is -0.320. The maximum atomic E-state index is 11.4. The monoisotopic (exact) mass is 282 g/mol. The maximum absolute atomic E-state index is 11.4. The van der Waals surface area contributed by atoms with Crippen LogP contribution in [0, 0.1) is 0 Å². The van der Waals surface area contributed by atoms with Crippen molar-refractivity contribution in [2.24, 2.45) is 0 Å². The molecule has 1 spiro atoms. The minimum absolute atomic E-state index is 0.320. The van der Waals surface area contributed by atoms with Gasteiger partial charge in [-0.3, -0.25) is 4.79 Å². The summed E-state index contributed by atoms with van der Waals surface area (Å²) in [6.07, 6.45) is 2.78. The number of fused-ring (bicyclic) bond motifs is 3.